The number of amides is 2. The summed E-state index contributed by atoms with van der Waals surface area (Å²) in [6, 6.07) is 11.1. The fourth-order valence-electron chi connectivity index (χ4n) is 3.87. The Morgan fingerprint density at radius 1 is 0.694 bits per heavy atom. The van der Waals surface area contributed by atoms with Crippen molar-refractivity contribution in [2.75, 3.05) is 40.3 Å². The van der Waals surface area contributed by atoms with Gasteiger partial charge in [-0.15, -0.1) is 0 Å². The van der Waals surface area contributed by atoms with E-state index >= 15 is 0 Å². The van der Waals surface area contributed by atoms with Crippen LogP contribution in [0, 0.1) is 0 Å². The van der Waals surface area contributed by atoms with Crippen LogP contribution in [0.15, 0.2) is 36.4 Å². The van der Waals surface area contributed by atoms with Gasteiger partial charge in [-0.3, -0.25) is 38.9 Å². The fourth-order valence-corrected chi connectivity index (χ4v) is 3.87. The minimum atomic E-state index is -1.08. The molecule has 0 saturated heterocycles. The zero-order chi connectivity index (χ0) is 26.2. The van der Waals surface area contributed by atoms with Crippen molar-refractivity contribution in [2.45, 2.75) is 26.2 Å². The molecule has 0 saturated carbocycles. The van der Waals surface area contributed by atoms with Crippen molar-refractivity contribution in [2.24, 2.45) is 0 Å². The Balaban J connectivity index is 1.84. The average Bonchev–Trinajstić information content (AvgIpc) is 2.78. The molecule has 4 bridgehead atoms. The van der Waals surface area contributed by atoms with Gasteiger partial charge in [-0.05, 0) is 24.3 Å². The maximum Gasteiger partial charge on any atom is 0.323 e. The van der Waals surface area contributed by atoms with Crippen LogP contribution in [0.25, 0.3) is 0 Å². The zero-order valence-corrected chi connectivity index (χ0v) is 20.3. The van der Waals surface area contributed by atoms with Crippen molar-refractivity contribution in [1.82, 2.24) is 29.6 Å². The summed E-state index contributed by atoms with van der Waals surface area (Å²) in [4.78, 5) is 62.7. The Bertz CT molecular complexity index is 996. The van der Waals surface area contributed by atoms with E-state index in [9.17, 15) is 19.2 Å². The molecule has 0 atom stereocenters. The molecule has 2 aromatic rings. The van der Waals surface area contributed by atoms with Gasteiger partial charge in [0.05, 0.1) is 35.9 Å². The highest BCUT2D eigenvalue weighted by molar-refractivity contribution is 5.83. The number of carboxylic acids is 2. The molecule has 192 valence electrons. The summed E-state index contributed by atoms with van der Waals surface area (Å²) in [7, 11) is 2.91. The number of hydrogen-bond acceptors (Lipinski definition) is 8. The summed E-state index contributed by atoms with van der Waals surface area (Å²) in [5.41, 5.74) is 2.86. The predicted octanol–water partition coefficient (Wildman–Crippen LogP) is -0.120. The van der Waals surface area contributed by atoms with Crippen LogP contribution in [0.2, 0.25) is 0 Å². The third-order valence-corrected chi connectivity index (χ3v) is 5.59. The van der Waals surface area contributed by atoms with Gasteiger partial charge < -0.3 is 20.0 Å². The lowest BCUT2D eigenvalue weighted by atomic mass is 10.2. The molecule has 0 radical (unpaired) electrons. The molecular weight excluding hydrogens is 468 g/mol. The van der Waals surface area contributed by atoms with E-state index in [4.69, 9.17) is 20.2 Å². The molecule has 0 fully saturated rings. The summed E-state index contributed by atoms with van der Waals surface area (Å²) in [6.45, 7) is 0.587. The van der Waals surface area contributed by atoms with Crippen molar-refractivity contribution in [1.29, 1.82) is 0 Å². The molecule has 0 unspecified atom stereocenters. The van der Waals surface area contributed by atoms with E-state index in [-0.39, 0.29) is 38.0 Å². The van der Waals surface area contributed by atoms with E-state index < -0.39 is 11.9 Å². The molecular formula is C24H30N6O6. The van der Waals surface area contributed by atoms with Crippen LogP contribution in [0.4, 0.5) is 0 Å². The number of aliphatic carboxylic acids is 2. The molecule has 2 amide bonds. The van der Waals surface area contributed by atoms with Crippen LogP contribution < -0.4 is 0 Å². The maximum absolute atomic E-state index is 12.6. The summed E-state index contributed by atoms with van der Waals surface area (Å²) in [5.74, 6) is -2.82. The van der Waals surface area contributed by atoms with E-state index in [0.29, 0.717) is 49.0 Å². The molecule has 3 heterocycles. The van der Waals surface area contributed by atoms with Gasteiger partial charge in [0.2, 0.25) is 11.8 Å². The second-order valence-electron chi connectivity index (χ2n) is 8.82. The van der Waals surface area contributed by atoms with Crippen LogP contribution in [0.5, 0.6) is 0 Å². The Morgan fingerprint density at radius 2 is 1.00 bits per heavy atom. The Labute approximate surface area is 208 Å². The Morgan fingerprint density at radius 3 is 1.28 bits per heavy atom. The van der Waals surface area contributed by atoms with Gasteiger partial charge in [0, 0.05) is 40.3 Å². The molecule has 1 aliphatic heterocycles. The normalized spacial score (nSPS) is 14.3. The highest BCUT2D eigenvalue weighted by Gasteiger charge is 2.21. The summed E-state index contributed by atoms with van der Waals surface area (Å²) in [6.07, 6.45) is 0. The first-order chi connectivity index (χ1) is 17.1. The summed E-state index contributed by atoms with van der Waals surface area (Å²) < 4.78 is 0. The van der Waals surface area contributed by atoms with E-state index in [0.717, 1.165) is 0 Å². The topological polar surface area (TPSA) is 147 Å². The molecule has 2 N–H and O–H groups in total. The van der Waals surface area contributed by atoms with Gasteiger partial charge in [-0.1, -0.05) is 12.1 Å². The van der Waals surface area contributed by atoms with Crippen LogP contribution in [-0.2, 0) is 45.4 Å². The second-order valence-corrected chi connectivity index (χ2v) is 8.82. The lowest BCUT2D eigenvalue weighted by Gasteiger charge is -2.27. The number of aromatic nitrogens is 2. The first-order valence-electron chi connectivity index (χ1n) is 11.3. The van der Waals surface area contributed by atoms with Crippen LogP contribution >= 0.6 is 0 Å². The molecule has 36 heavy (non-hydrogen) atoms. The van der Waals surface area contributed by atoms with Gasteiger partial charge in [-0.25, -0.2) is 0 Å². The highest BCUT2D eigenvalue weighted by atomic mass is 16.4. The number of carboxylic acid groups (broad SMARTS) is 2. The van der Waals surface area contributed by atoms with E-state index in [1.165, 1.54) is 23.9 Å². The molecule has 0 spiro atoms. The minimum Gasteiger partial charge on any atom is -0.480 e. The first kappa shape index (κ1) is 26.7. The Hall–Kier alpha value is -3.90. The molecule has 2 aromatic heterocycles. The van der Waals surface area contributed by atoms with Gasteiger partial charge in [0.25, 0.3) is 0 Å². The first-order valence-corrected chi connectivity index (χ1v) is 11.3. The lowest BCUT2D eigenvalue weighted by molar-refractivity contribution is -0.144. The number of carbonyl (C=O) groups is 4. The van der Waals surface area contributed by atoms with Gasteiger partial charge >= 0.3 is 11.9 Å². The van der Waals surface area contributed by atoms with Gasteiger partial charge in [0.1, 0.15) is 13.1 Å². The van der Waals surface area contributed by atoms with E-state index in [1.54, 1.807) is 0 Å². The lowest BCUT2D eigenvalue weighted by Crippen LogP contribution is -2.41. The minimum absolute atomic E-state index is 0.00185. The molecule has 3 rings (SSSR count). The monoisotopic (exact) mass is 498 g/mol. The second kappa shape index (κ2) is 12.2. The third kappa shape index (κ3) is 8.10. The molecule has 0 aliphatic carbocycles. The van der Waals surface area contributed by atoms with Crippen molar-refractivity contribution in [3.05, 3.63) is 59.2 Å². The van der Waals surface area contributed by atoms with E-state index in [2.05, 4.69) is 0 Å². The van der Waals surface area contributed by atoms with Crippen molar-refractivity contribution in [3.8, 4) is 0 Å². The van der Waals surface area contributed by atoms with Crippen LogP contribution in [-0.4, -0.2) is 104 Å². The number of carbonyl (C=O) groups excluding carboxylic acids is 2. The van der Waals surface area contributed by atoms with Gasteiger partial charge in [-0.2, -0.15) is 0 Å². The predicted molar refractivity (Wildman–Crippen MR) is 127 cm³/mol. The average molecular weight is 499 g/mol. The number of rotatable bonds is 8. The quantitative estimate of drug-likeness (QED) is 0.505. The Kier molecular flexibility index (Phi) is 9.03. The third-order valence-electron chi connectivity index (χ3n) is 5.59. The standard InChI is InChI=1S/C24H30N6O6/c1-27(15-23(33)34)21(31)13-29-9-17-5-3-7-19(25-17)11-30(14-22(32)28(2)16-24(35)36)12-20-8-4-6-18(10-29)26-20/h3-8H,9-16H2,1-2H3,(H,33,34)(H,35,36). The summed E-state index contributed by atoms with van der Waals surface area (Å²) in [5, 5.41) is 18.0. The molecule has 12 nitrogen and oxygen atoms in total. The highest BCUT2D eigenvalue weighted by Crippen LogP contribution is 2.14. The maximum atomic E-state index is 12.6. The molecule has 12 heteroatoms. The fraction of sp³-hybridized carbons (Fsp3) is 0.417. The van der Waals surface area contributed by atoms with Crippen LogP contribution in [0.3, 0.4) is 0 Å². The number of pyridine rings is 2. The molecule has 0 aromatic carbocycles. The smallest absolute Gasteiger partial charge is 0.323 e. The van der Waals surface area contributed by atoms with Crippen LogP contribution in [0.1, 0.15) is 22.8 Å². The summed E-state index contributed by atoms with van der Waals surface area (Å²) >= 11 is 0. The molecule has 1 aliphatic rings. The van der Waals surface area contributed by atoms with Gasteiger partial charge in [0.15, 0.2) is 0 Å². The van der Waals surface area contributed by atoms with Crippen molar-refractivity contribution < 1.29 is 29.4 Å². The SMILES string of the molecule is CN(CC(=O)O)C(=O)CN1Cc2cccc(n2)CN(CC(=O)N(C)CC(=O)O)Cc2cccc(n2)C1. The number of fused-ring (bicyclic) bond motifs is 4. The number of hydrogen-bond donors (Lipinski definition) is 2. The van der Waals surface area contributed by atoms with Crippen molar-refractivity contribution in [3.63, 3.8) is 0 Å². The largest absolute Gasteiger partial charge is 0.480 e. The number of likely N-dealkylation sites (N-methyl/N-ethyl adjacent to an activating group) is 2. The zero-order valence-electron chi connectivity index (χ0n) is 20.3. The van der Waals surface area contributed by atoms with E-state index in [1.807, 2.05) is 46.2 Å². The van der Waals surface area contributed by atoms with Crippen molar-refractivity contribution >= 4 is 23.8 Å². The number of nitrogens with zero attached hydrogens (tertiary/aromatic N) is 6.